The Morgan fingerprint density at radius 2 is 2.21 bits per heavy atom. The topological polar surface area (TPSA) is 91.1 Å². The number of hydrogen-bond acceptors (Lipinski definition) is 5. The lowest BCUT2D eigenvalue weighted by Crippen LogP contribution is -2.50. The molecule has 7 nitrogen and oxygen atoms in total. The van der Waals surface area contributed by atoms with E-state index >= 15 is 0 Å². The first-order valence-electron chi connectivity index (χ1n) is 7.68. The second kappa shape index (κ2) is 8.34. The van der Waals surface area contributed by atoms with Gasteiger partial charge in [0.15, 0.2) is 17.6 Å². The average Bonchev–Trinajstić information content (AvgIpc) is 2.59. The molecule has 0 saturated carbocycles. The normalized spacial score (nSPS) is 17.5. The summed E-state index contributed by atoms with van der Waals surface area (Å²) in [6, 6.07) is 3.32. The fourth-order valence-electron chi connectivity index (χ4n) is 2.38. The molecule has 2 rings (SSSR count). The monoisotopic (exact) mass is 400 g/mol. The number of primary amides is 1. The van der Waals surface area contributed by atoms with Crippen LogP contribution in [0.4, 0.5) is 0 Å². The van der Waals surface area contributed by atoms with Crippen LogP contribution in [0.2, 0.25) is 0 Å². The molecule has 1 aromatic carbocycles. The van der Waals surface area contributed by atoms with Crippen LogP contribution in [0.3, 0.4) is 0 Å². The van der Waals surface area contributed by atoms with Gasteiger partial charge < -0.3 is 24.8 Å². The molecule has 0 aromatic heterocycles. The van der Waals surface area contributed by atoms with Gasteiger partial charge in [-0.25, -0.2) is 0 Å². The zero-order chi connectivity index (χ0) is 17.7. The smallest absolute Gasteiger partial charge is 0.254 e. The maximum atomic E-state index is 12.7. The van der Waals surface area contributed by atoms with Gasteiger partial charge in [-0.1, -0.05) is 6.92 Å². The summed E-state index contributed by atoms with van der Waals surface area (Å²) in [5.41, 5.74) is 5.70. The van der Waals surface area contributed by atoms with E-state index in [2.05, 4.69) is 15.9 Å². The number of nitrogens with zero attached hydrogens (tertiary/aromatic N) is 1. The van der Waals surface area contributed by atoms with E-state index < -0.39 is 12.0 Å². The van der Waals surface area contributed by atoms with Gasteiger partial charge >= 0.3 is 0 Å². The van der Waals surface area contributed by atoms with Crippen molar-refractivity contribution in [3.63, 3.8) is 0 Å². The molecule has 132 valence electrons. The molecule has 1 aromatic rings. The van der Waals surface area contributed by atoms with Crippen molar-refractivity contribution >= 4 is 27.7 Å². The Balaban J connectivity index is 2.23. The second-order valence-corrected chi connectivity index (χ2v) is 6.21. The minimum Gasteiger partial charge on any atom is -0.493 e. The van der Waals surface area contributed by atoms with Gasteiger partial charge in [0.25, 0.3) is 5.91 Å². The number of rotatable bonds is 6. The second-order valence-electron chi connectivity index (χ2n) is 5.35. The fourth-order valence-corrected chi connectivity index (χ4v) is 2.93. The maximum Gasteiger partial charge on any atom is 0.254 e. The van der Waals surface area contributed by atoms with Gasteiger partial charge in [-0.2, -0.15) is 0 Å². The Bertz CT molecular complexity index is 623. The Hall–Kier alpha value is -1.80. The number of halogens is 1. The SMILES string of the molecule is CCCOc1c(Br)cc(C(=O)N2CCOC(C(N)=O)C2)cc1OC. The van der Waals surface area contributed by atoms with E-state index in [1.165, 1.54) is 7.11 Å². The first kappa shape index (κ1) is 18.5. The number of carbonyl (C=O) groups excluding carboxylic acids is 2. The highest BCUT2D eigenvalue weighted by Crippen LogP contribution is 2.37. The Morgan fingerprint density at radius 1 is 1.46 bits per heavy atom. The van der Waals surface area contributed by atoms with Crippen molar-refractivity contribution in [2.45, 2.75) is 19.4 Å². The van der Waals surface area contributed by atoms with Crippen molar-refractivity contribution in [1.82, 2.24) is 4.90 Å². The standard InChI is InChI=1S/C16H21BrN2O5/c1-3-5-24-14-11(17)7-10(8-12(14)22-2)16(21)19-4-6-23-13(9-19)15(18)20/h7-8,13H,3-6,9H2,1-2H3,(H2,18,20). The lowest BCUT2D eigenvalue weighted by Gasteiger charge is -2.31. The van der Waals surface area contributed by atoms with Gasteiger partial charge in [-0.15, -0.1) is 0 Å². The zero-order valence-corrected chi connectivity index (χ0v) is 15.3. The third-order valence-electron chi connectivity index (χ3n) is 3.60. The summed E-state index contributed by atoms with van der Waals surface area (Å²) >= 11 is 3.42. The molecule has 1 unspecified atom stereocenters. The molecule has 1 aliphatic rings. The van der Waals surface area contributed by atoms with Crippen molar-refractivity contribution in [2.75, 3.05) is 33.4 Å². The molecular weight excluding hydrogens is 380 g/mol. The minimum absolute atomic E-state index is 0.141. The number of nitrogens with two attached hydrogens (primary N) is 1. The van der Waals surface area contributed by atoms with Crippen LogP contribution in [-0.2, 0) is 9.53 Å². The maximum absolute atomic E-state index is 12.7. The fraction of sp³-hybridized carbons (Fsp3) is 0.500. The van der Waals surface area contributed by atoms with Crippen LogP contribution in [0.5, 0.6) is 11.5 Å². The minimum atomic E-state index is -0.778. The quantitative estimate of drug-likeness (QED) is 0.782. The van der Waals surface area contributed by atoms with Gasteiger partial charge in [0.2, 0.25) is 5.91 Å². The van der Waals surface area contributed by atoms with Crippen molar-refractivity contribution in [3.05, 3.63) is 22.2 Å². The molecule has 0 radical (unpaired) electrons. The highest BCUT2D eigenvalue weighted by molar-refractivity contribution is 9.10. The number of amides is 2. The van der Waals surface area contributed by atoms with Crippen molar-refractivity contribution in [1.29, 1.82) is 0 Å². The van der Waals surface area contributed by atoms with Crippen molar-refractivity contribution < 1.29 is 23.8 Å². The van der Waals surface area contributed by atoms with Crippen LogP contribution in [0.15, 0.2) is 16.6 Å². The van der Waals surface area contributed by atoms with Crippen molar-refractivity contribution in [3.8, 4) is 11.5 Å². The van der Waals surface area contributed by atoms with Gasteiger partial charge in [0.05, 0.1) is 31.3 Å². The predicted molar refractivity (Wildman–Crippen MR) is 91.3 cm³/mol. The number of morpholine rings is 1. The number of hydrogen-bond donors (Lipinski definition) is 1. The summed E-state index contributed by atoms with van der Waals surface area (Å²) in [4.78, 5) is 25.5. The first-order chi connectivity index (χ1) is 11.5. The molecule has 2 N–H and O–H groups in total. The molecule has 1 atom stereocenters. The first-order valence-corrected chi connectivity index (χ1v) is 8.47. The van der Waals surface area contributed by atoms with E-state index in [0.717, 1.165) is 6.42 Å². The highest BCUT2D eigenvalue weighted by atomic mass is 79.9. The molecule has 1 heterocycles. The molecule has 0 bridgehead atoms. The average molecular weight is 401 g/mol. The van der Waals surface area contributed by atoms with Crippen LogP contribution in [0.1, 0.15) is 23.7 Å². The summed E-state index contributed by atoms with van der Waals surface area (Å²) < 4.78 is 16.9. The summed E-state index contributed by atoms with van der Waals surface area (Å²) in [5.74, 6) is 0.244. The third-order valence-corrected chi connectivity index (χ3v) is 4.19. The number of benzene rings is 1. The molecular formula is C16H21BrN2O5. The molecule has 2 amide bonds. The van der Waals surface area contributed by atoms with E-state index in [1.807, 2.05) is 6.92 Å². The molecule has 1 saturated heterocycles. The van der Waals surface area contributed by atoms with Gasteiger partial charge in [-0.05, 0) is 34.5 Å². The number of ether oxygens (including phenoxy) is 3. The molecule has 24 heavy (non-hydrogen) atoms. The number of carbonyl (C=O) groups is 2. The molecule has 1 aliphatic heterocycles. The Kier molecular flexibility index (Phi) is 6.44. The number of methoxy groups -OCH3 is 1. The summed E-state index contributed by atoms with van der Waals surface area (Å²) in [5, 5.41) is 0. The van der Waals surface area contributed by atoms with E-state index in [1.54, 1.807) is 17.0 Å². The van der Waals surface area contributed by atoms with Crippen LogP contribution >= 0.6 is 15.9 Å². The Labute approximate surface area is 149 Å². The zero-order valence-electron chi connectivity index (χ0n) is 13.7. The molecule has 8 heteroatoms. The molecule has 0 aliphatic carbocycles. The predicted octanol–water partition coefficient (Wildman–Crippen LogP) is 1.57. The summed E-state index contributed by atoms with van der Waals surface area (Å²) in [6.07, 6.45) is 0.0821. The Morgan fingerprint density at radius 3 is 2.83 bits per heavy atom. The van der Waals surface area contributed by atoms with Gasteiger partial charge in [-0.3, -0.25) is 9.59 Å². The van der Waals surface area contributed by atoms with E-state index in [-0.39, 0.29) is 19.1 Å². The van der Waals surface area contributed by atoms with Crippen LogP contribution in [0, 0.1) is 0 Å². The summed E-state index contributed by atoms with van der Waals surface area (Å²) in [7, 11) is 1.52. The van der Waals surface area contributed by atoms with Crippen LogP contribution in [-0.4, -0.2) is 56.2 Å². The van der Waals surface area contributed by atoms with E-state index in [0.29, 0.717) is 34.7 Å². The van der Waals surface area contributed by atoms with Crippen LogP contribution in [0.25, 0.3) is 0 Å². The largest absolute Gasteiger partial charge is 0.493 e. The van der Waals surface area contributed by atoms with Crippen LogP contribution < -0.4 is 15.2 Å². The summed E-state index contributed by atoms with van der Waals surface area (Å²) in [6.45, 7) is 3.37. The van der Waals surface area contributed by atoms with Gasteiger partial charge in [0.1, 0.15) is 0 Å². The third kappa shape index (κ3) is 4.18. The van der Waals surface area contributed by atoms with Gasteiger partial charge in [0, 0.05) is 12.1 Å². The van der Waals surface area contributed by atoms with E-state index in [9.17, 15) is 9.59 Å². The lowest BCUT2D eigenvalue weighted by molar-refractivity contribution is -0.133. The lowest BCUT2D eigenvalue weighted by atomic mass is 10.1. The molecule has 0 spiro atoms. The highest BCUT2D eigenvalue weighted by Gasteiger charge is 2.29. The van der Waals surface area contributed by atoms with E-state index in [4.69, 9.17) is 19.9 Å². The van der Waals surface area contributed by atoms with Crippen molar-refractivity contribution in [2.24, 2.45) is 5.73 Å². The molecule has 1 fully saturated rings.